The highest BCUT2D eigenvalue weighted by Crippen LogP contribution is 2.42. The number of nitrogens with one attached hydrogen (secondary N) is 2. The summed E-state index contributed by atoms with van der Waals surface area (Å²) in [6.07, 6.45) is 3.42. The van der Waals surface area contributed by atoms with Crippen molar-refractivity contribution >= 4 is 28.7 Å². The third kappa shape index (κ3) is 4.49. The molecule has 3 aromatic carbocycles. The number of hydrogen-bond donors (Lipinski definition) is 2. The van der Waals surface area contributed by atoms with E-state index in [1.54, 1.807) is 48.9 Å². The van der Waals surface area contributed by atoms with Gasteiger partial charge in [0.15, 0.2) is 17.2 Å². The molecule has 2 heterocycles. The fraction of sp³-hybridized carbons (Fsp3) is 0.154. The molecule has 1 aromatic heterocycles. The molecule has 188 valence electrons. The molecule has 5 rings (SSSR count). The zero-order chi connectivity index (χ0) is 26.1. The van der Waals surface area contributed by atoms with Crippen molar-refractivity contribution in [3.8, 4) is 28.4 Å². The minimum absolute atomic E-state index is 0.125. The number of nitrogens with zero attached hydrogens (tertiary/aromatic N) is 3. The van der Waals surface area contributed by atoms with Gasteiger partial charge in [0.2, 0.25) is 0 Å². The van der Waals surface area contributed by atoms with Crippen LogP contribution in [0.25, 0.3) is 11.1 Å². The van der Waals surface area contributed by atoms with Crippen molar-refractivity contribution in [2.24, 2.45) is 7.05 Å². The number of hydrogen-bond acceptors (Lipinski definition) is 8. The third-order valence-corrected chi connectivity index (χ3v) is 6.09. The molecule has 2 N–H and O–H groups in total. The summed E-state index contributed by atoms with van der Waals surface area (Å²) < 4.78 is 18.6. The Morgan fingerprint density at radius 1 is 0.919 bits per heavy atom. The maximum Gasteiger partial charge on any atom is 0.310 e. The van der Waals surface area contributed by atoms with E-state index in [4.69, 9.17) is 14.2 Å². The molecule has 37 heavy (non-hydrogen) atoms. The van der Waals surface area contributed by atoms with Crippen molar-refractivity contribution in [3.05, 3.63) is 82.4 Å². The number of anilines is 3. The van der Waals surface area contributed by atoms with Crippen LogP contribution in [0.4, 0.5) is 22.7 Å². The maximum absolute atomic E-state index is 13.0. The van der Waals surface area contributed by atoms with Crippen molar-refractivity contribution in [1.82, 2.24) is 9.55 Å². The van der Waals surface area contributed by atoms with E-state index in [-0.39, 0.29) is 24.0 Å². The molecule has 0 saturated heterocycles. The summed E-state index contributed by atoms with van der Waals surface area (Å²) in [6.45, 7) is 0.278. The number of nitro benzene ring substituents is 1. The Morgan fingerprint density at radius 3 is 2.32 bits per heavy atom. The van der Waals surface area contributed by atoms with Crippen LogP contribution >= 0.6 is 0 Å². The van der Waals surface area contributed by atoms with Crippen LogP contribution in [-0.4, -0.2) is 34.6 Å². The summed E-state index contributed by atoms with van der Waals surface area (Å²) in [5.74, 6) is 0.812. The van der Waals surface area contributed by atoms with Crippen molar-refractivity contribution in [2.45, 2.75) is 6.61 Å². The smallest absolute Gasteiger partial charge is 0.310 e. The van der Waals surface area contributed by atoms with Gasteiger partial charge in [0, 0.05) is 25.2 Å². The average molecular weight is 501 g/mol. The number of imidazole rings is 1. The van der Waals surface area contributed by atoms with Gasteiger partial charge in [-0.3, -0.25) is 14.9 Å². The second kappa shape index (κ2) is 9.53. The summed E-state index contributed by atoms with van der Waals surface area (Å²) in [6, 6.07) is 13.4. The Morgan fingerprint density at radius 2 is 1.62 bits per heavy atom. The largest absolute Gasteiger partial charge is 0.493 e. The van der Waals surface area contributed by atoms with Crippen LogP contribution in [0.5, 0.6) is 17.2 Å². The molecule has 11 nitrogen and oxygen atoms in total. The Labute approximate surface area is 211 Å². The van der Waals surface area contributed by atoms with E-state index in [1.807, 2.05) is 17.7 Å². The lowest BCUT2D eigenvalue weighted by molar-refractivity contribution is -0.385. The predicted molar refractivity (Wildman–Crippen MR) is 137 cm³/mol. The minimum Gasteiger partial charge on any atom is -0.493 e. The molecule has 4 aromatic rings. The highest BCUT2D eigenvalue weighted by atomic mass is 16.6. The van der Waals surface area contributed by atoms with Gasteiger partial charge in [0.1, 0.15) is 6.61 Å². The number of amides is 1. The first kappa shape index (κ1) is 23.7. The van der Waals surface area contributed by atoms with E-state index in [0.29, 0.717) is 39.7 Å². The van der Waals surface area contributed by atoms with E-state index >= 15 is 0 Å². The number of carbonyl (C=O) groups excluding carboxylic acids is 1. The highest BCUT2D eigenvalue weighted by Gasteiger charge is 2.23. The van der Waals surface area contributed by atoms with Crippen LogP contribution in [0.2, 0.25) is 0 Å². The van der Waals surface area contributed by atoms with Crippen LogP contribution in [0.3, 0.4) is 0 Å². The first-order valence-electron chi connectivity index (χ1n) is 11.2. The molecule has 11 heteroatoms. The zero-order valence-corrected chi connectivity index (χ0v) is 20.3. The molecular weight excluding hydrogens is 478 g/mol. The number of ether oxygens (including phenoxy) is 3. The van der Waals surface area contributed by atoms with Crippen molar-refractivity contribution in [2.75, 3.05) is 24.9 Å². The van der Waals surface area contributed by atoms with Crippen LogP contribution in [0.1, 0.15) is 16.1 Å². The van der Waals surface area contributed by atoms with Gasteiger partial charge >= 0.3 is 5.69 Å². The minimum atomic E-state index is -0.495. The van der Waals surface area contributed by atoms with Gasteiger partial charge in [0.25, 0.3) is 5.91 Å². The topological polar surface area (TPSA) is 130 Å². The Kier molecular flexibility index (Phi) is 6.10. The quantitative estimate of drug-likeness (QED) is 0.270. The lowest BCUT2D eigenvalue weighted by Gasteiger charge is -2.16. The van der Waals surface area contributed by atoms with Crippen LogP contribution < -0.4 is 24.8 Å². The molecule has 0 unspecified atom stereocenters. The molecule has 0 fully saturated rings. The second-order valence-electron chi connectivity index (χ2n) is 8.32. The van der Waals surface area contributed by atoms with E-state index in [9.17, 15) is 14.9 Å². The van der Waals surface area contributed by atoms with E-state index in [1.165, 1.54) is 20.3 Å². The molecule has 1 aliphatic rings. The van der Waals surface area contributed by atoms with Crippen LogP contribution in [-0.2, 0) is 13.7 Å². The second-order valence-corrected chi connectivity index (χ2v) is 8.32. The van der Waals surface area contributed by atoms with Crippen molar-refractivity contribution in [1.29, 1.82) is 0 Å². The maximum atomic E-state index is 13.0. The van der Waals surface area contributed by atoms with Crippen LogP contribution in [0, 0.1) is 10.1 Å². The van der Waals surface area contributed by atoms with Crippen molar-refractivity contribution < 1.29 is 23.9 Å². The van der Waals surface area contributed by atoms with Gasteiger partial charge in [-0.05, 0) is 35.4 Å². The normalized spacial score (nSPS) is 11.9. The first-order chi connectivity index (χ1) is 17.9. The number of aryl methyl sites for hydroxylation is 1. The Balaban J connectivity index is 1.50. The van der Waals surface area contributed by atoms with E-state index in [0.717, 1.165) is 11.3 Å². The van der Waals surface area contributed by atoms with Gasteiger partial charge in [-0.15, -0.1) is 0 Å². The van der Waals surface area contributed by atoms with E-state index < -0.39 is 4.92 Å². The number of nitro groups is 1. The standard InChI is InChI=1S/C26H23N5O6/c1-30-14-27-12-17(30)13-37-25-11-20-21(10-24(25)36-3)29-26(32)18-6-4-15(8-19(18)28-20)16-5-7-22(31(33)34)23(9-16)35-2/h4-12,14,28H,13H2,1-3H3,(H,29,32). The highest BCUT2D eigenvalue weighted by molar-refractivity contribution is 6.12. The molecule has 0 bridgehead atoms. The number of carbonyl (C=O) groups is 1. The number of methoxy groups -OCH3 is 2. The number of aromatic nitrogens is 2. The van der Waals surface area contributed by atoms with Crippen molar-refractivity contribution in [3.63, 3.8) is 0 Å². The van der Waals surface area contributed by atoms with Gasteiger partial charge < -0.3 is 29.4 Å². The fourth-order valence-electron chi connectivity index (χ4n) is 4.08. The van der Waals surface area contributed by atoms with E-state index in [2.05, 4.69) is 15.6 Å². The molecule has 0 spiro atoms. The molecule has 0 atom stereocenters. The number of fused-ring (bicyclic) bond motifs is 2. The van der Waals surface area contributed by atoms with Gasteiger partial charge in [0.05, 0.1) is 60.0 Å². The fourth-order valence-corrected chi connectivity index (χ4v) is 4.08. The molecule has 1 aliphatic heterocycles. The molecule has 1 amide bonds. The number of benzene rings is 3. The Hall–Kier alpha value is -5.06. The molecule has 0 saturated carbocycles. The number of rotatable bonds is 7. The lowest BCUT2D eigenvalue weighted by atomic mass is 10.0. The van der Waals surface area contributed by atoms with Gasteiger partial charge in [-0.25, -0.2) is 4.98 Å². The molecular formula is C26H23N5O6. The lowest BCUT2D eigenvalue weighted by Crippen LogP contribution is -2.11. The summed E-state index contributed by atoms with van der Waals surface area (Å²) in [5, 5.41) is 17.5. The zero-order valence-electron chi connectivity index (χ0n) is 20.3. The summed E-state index contributed by atoms with van der Waals surface area (Å²) >= 11 is 0. The molecule has 0 aliphatic carbocycles. The average Bonchev–Trinajstić information content (AvgIpc) is 3.26. The first-order valence-corrected chi connectivity index (χ1v) is 11.2. The predicted octanol–water partition coefficient (Wildman–Crippen LogP) is 4.90. The van der Waals surface area contributed by atoms with Gasteiger partial charge in [-0.1, -0.05) is 6.07 Å². The Bertz CT molecular complexity index is 1530. The monoisotopic (exact) mass is 501 g/mol. The summed E-state index contributed by atoms with van der Waals surface area (Å²) in [7, 11) is 4.80. The van der Waals surface area contributed by atoms with Crippen LogP contribution in [0.15, 0.2) is 61.1 Å². The summed E-state index contributed by atoms with van der Waals surface area (Å²) in [5.41, 5.74) is 4.35. The summed E-state index contributed by atoms with van der Waals surface area (Å²) in [4.78, 5) is 27.9. The molecule has 0 radical (unpaired) electrons. The third-order valence-electron chi connectivity index (χ3n) is 6.09. The SMILES string of the molecule is COc1cc2c(cc1OCc1cncn1C)Nc1cc(-c3ccc([N+](=O)[O-])c(OC)c3)ccc1C(=O)N2. The van der Waals surface area contributed by atoms with Gasteiger partial charge in [-0.2, -0.15) is 0 Å².